The second-order valence-corrected chi connectivity index (χ2v) is 7.32. The van der Waals surface area contributed by atoms with E-state index in [2.05, 4.69) is 5.32 Å². The van der Waals surface area contributed by atoms with Crippen molar-refractivity contribution in [3.63, 3.8) is 0 Å². The summed E-state index contributed by atoms with van der Waals surface area (Å²) < 4.78 is 15.8. The molecule has 11 heteroatoms. The molecule has 0 saturated carbocycles. The Morgan fingerprint density at radius 3 is 2.61 bits per heavy atom. The third-order valence-electron chi connectivity index (χ3n) is 5.12. The molecule has 1 aliphatic heterocycles. The SMILES string of the molecule is COc1ccc(N2C[C@@H](C(=O)O[C@H](C)C(=O)Nc3cccc([N+](=O)[O-])c3)CC2=O)c(OC)c1. The molecule has 1 saturated heterocycles. The lowest BCUT2D eigenvalue weighted by atomic mass is 10.1. The standard InChI is InChI=1S/C22H23N3O8/c1-13(21(27)23-15-5-4-6-16(10-15)25(29)30)33-22(28)14-9-20(26)24(12-14)18-8-7-17(31-2)11-19(18)32-3/h4-8,10-11,13-14H,9,12H2,1-3H3,(H,23,27)/t13-,14+/m1/s1. The zero-order valence-corrected chi connectivity index (χ0v) is 18.3. The summed E-state index contributed by atoms with van der Waals surface area (Å²) in [4.78, 5) is 49.3. The largest absolute Gasteiger partial charge is 0.497 e. The molecule has 33 heavy (non-hydrogen) atoms. The first-order valence-electron chi connectivity index (χ1n) is 10.0. The zero-order chi connectivity index (χ0) is 24.1. The molecule has 0 aliphatic carbocycles. The minimum Gasteiger partial charge on any atom is -0.497 e. The summed E-state index contributed by atoms with van der Waals surface area (Å²) in [6, 6.07) is 10.4. The van der Waals surface area contributed by atoms with Gasteiger partial charge in [-0.3, -0.25) is 24.5 Å². The zero-order valence-electron chi connectivity index (χ0n) is 18.3. The van der Waals surface area contributed by atoms with Crippen LogP contribution in [-0.2, 0) is 19.1 Å². The number of anilines is 2. The van der Waals surface area contributed by atoms with E-state index in [0.29, 0.717) is 17.2 Å². The Balaban J connectivity index is 1.63. The van der Waals surface area contributed by atoms with Gasteiger partial charge in [-0.25, -0.2) is 0 Å². The lowest BCUT2D eigenvalue weighted by Crippen LogP contribution is -2.33. The van der Waals surface area contributed by atoms with Gasteiger partial charge in [0.15, 0.2) is 6.10 Å². The molecular formula is C22H23N3O8. The van der Waals surface area contributed by atoms with Crippen LogP contribution in [0.1, 0.15) is 13.3 Å². The van der Waals surface area contributed by atoms with E-state index >= 15 is 0 Å². The van der Waals surface area contributed by atoms with Crippen LogP contribution in [0.25, 0.3) is 0 Å². The molecule has 2 atom stereocenters. The highest BCUT2D eigenvalue weighted by Crippen LogP contribution is 2.36. The lowest BCUT2D eigenvalue weighted by Gasteiger charge is -2.20. The highest BCUT2D eigenvalue weighted by atomic mass is 16.6. The fourth-order valence-electron chi connectivity index (χ4n) is 3.37. The summed E-state index contributed by atoms with van der Waals surface area (Å²) >= 11 is 0. The molecule has 0 spiro atoms. The van der Waals surface area contributed by atoms with Gasteiger partial charge in [0.2, 0.25) is 5.91 Å². The monoisotopic (exact) mass is 457 g/mol. The van der Waals surface area contributed by atoms with Gasteiger partial charge in [0.25, 0.3) is 11.6 Å². The molecule has 11 nitrogen and oxygen atoms in total. The third-order valence-corrected chi connectivity index (χ3v) is 5.12. The van der Waals surface area contributed by atoms with Crippen molar-refractivity contribution in [2.24, 2.45) is 5.92 Å². The van der Waals surface area contributed by atoms with E-state index in [4.69, 9.17) is 14.2 Å². The Morgan fingerprint density at radius 2 is 1.94 bits per heavy atom. The van der Waals surface area contributed by atoms with Gasteiger partial charge < -0.3 is 24.4 Å². The van der Waals surface area contributed by atoms with Gasteiger partial charge in [0.05, 0.1) is 30.7 Å². The van der Waals surface area contributed by atoms with E-state index in [1.807, 2.05) is 0 Å². The van der Waals surface area contributed by atoms with Gasteiger partial charge in [-0.1, -0.05) is 6.07 Å². The number of methoxy groups -OCH3 is 2. The predicted molar refractivity (Wildman–Crippen MR) is 117 cm³/mol. The molecule has 2 amide bonds. The number of nitrogens with one attached hydrogen (secondary N) is 1. The predicted octanol–water partition coefficient (Wildman–Crippen LogP) is 2.54. The normalized spacial score (nSPS) is 16.2. The van der Waals surface area contributed by atoms with Crippen molar-refractivity contribution in [1.82, 2.24) is 0 Å². The Labute approximate surface area is 189 Å². The molecule has 0 bridgehead atoms. The van der Waals surface area contributed by atoms with Crippen molar-refractivity contribution in [2.45, 2.75) is 19.4 Å². The van der Waals surface area contributed by atoms with Crippen molar-refractivity contribution in [3.05, 3.63) is 52.6 Å². The van der Waals surface area contributed by atoms with Crippen molar-refractivity contribution in [3.8, 4) is 11.5 Å². The summed E-state index contributed by atoms with van der Waals surface area (Å²) in [6.07, 6.45) is -1.25. The maximum atomic E-state index is 12.6. The van der Waals surface area contributed by atoms with Crippen LogP contribution < -0.4 is 19.7 Å². The molecule has 0 unspecified atom stereocenters. The molecule has 3 rings (SSSR count). The van der Waals surface area contributed by atoms with Crippen LogP contribution in [0.3, 0.4) is 0 Å². The first kappa shape index (κ1) is 23.5. The minimum absolute atomic E-state index is 0.0690. The lowest BCUT2D eigenvalue weighted by molar-refractivity contribution is -0.384. The van der Waals surface area contributed by atoms with Crippen LogP contribution in [0.2, 0.25) is 0 Å². The van der Waals surface area contributed by atoms with Crippen molar-refractivity contribution >= 4 is 34.8 Å². The van der Waals surface area contributed by atoms with Gasteiger partial charge in [-0.2, -0.15) is 0 Å². The molecule has 1 fully saturated rings. The molecule has 0 aromatic heterocycles. The van der Waals surface area contributed by atoms with Crippen LogP contribution in [0.4, 0.5) is 17.1 Å². The number of carbonyl (C=O) groups is 3. The third kappa shape index (κ3) is 5.37. The molecule has 1 heterocycles. The van der Waals surface area contributed by atoms with Crippen molar-refractivity contribution < 1.29 is 33.5 Å². The van der Waals surface area contributed by atoms with Gasteiger partial charge in [0, 0.05) is 36.9 Å². The summed E-state index contributed by atoms with van der Waals surface area (Å²) in [5.74, 6) is -1.42. The molecule has 0 radical (unpaired) electrons. The highest BCUT2D eigenvalue weighted by molar-refractivity contribution is 6.01. The second-order valence-electron chi connectivity index (χ2n) is 7.32. The number of benzene rings is 2. The Kier molecular flexibility index (Phi) is 7.11. The summed E-state index contributed by atoms with van der Waals surface area (Å²) in [7, 11) is 2.98. The molecule has 1 aliphatic rings. The molecule has 2 aromatic carbocycles. The number of hydrogen-bond donors (Lipinski definition) is 1. The van der Waals surface area contributed by atoms with Crippen LogP contribution >= 0.6 is 0 Å². The summed E-state index contributed by atoms with van der Waals surface area (Å²) in [5.41, 5.74) is 0.511. The summed E-state index contributed by atoms with van der Waals surface area (Å²) in [5, 5.41) is 13.3. The smallest absolute Gasteiger partial charge is 0.312 e. The van der Waals surface area contributed by atoms with E-state index in [9.17, 15) is 24.5 Å². The number of non-ortho nitro benzene ring substituents is 1. The Morgan fingerprint density at radius 1 is 1.18 bits per heavy atom. The number of nitrogens with zero attached hydrogens (tertiary/aromatic N) is 2. The van der Waals surface area contributed by atoms with Gasteiger partial charge in [-0.05, 0) is 25.1 Å². The van der Waals surface area contributed by atoms with Crippen LogP contribution in [0.5, 0.6) is 11.5 Å². The van der Waals surface area contributed by atoms with Gasteiger partial charge in [0.1, 0.15) is 11.5 Å². The van der Waals surface area contributed by atoms with Crippen LogP contribution in [-0.4, -0.2) is 49.6 Å². The Bertz CT molecular complexity index is 1090. The fourth-order valence-corrected chi connectivity index (χ4v) is 3.37. The number of hydrogen-bond acceptors (Lipinski definition) is 8. The van der Waals surface area contributed by atoms with Crippen LogP contribution in [0, 0.1) is 16.0 Å². The number of ether oxygens (including phenoxy) is 3. The van der Waals surface area contributed by atoms with Crippen molar-refractivity contribution in [2.75, 3.05) is 31.0 Å². The summed E-state index contributed by atoms with van der Waals surface area (Å²) in [6.45, 7) is 1.45. The number of carbonyl (C=O) groups excluding carboxylic acids is 3. The number of nitro groups is 1. The fraction of sp³-hybridized carbons (Fsp3) is 0.318. The number of amides is 2. The average molecular weight is 457 g/mol. The number of esters is 1. The van der Waals surface area contributed by atoms with Gasteiger partial charge in [-0.15, -0.1) is 0 Å². The van der Waals surface area contributed by atoms with Gasteiger partial charge >= 0.3 is 5.97 Å². The van der Waals surface area contributed by atoms with E-state index in [1.54, 1.807) is 18.2 Å². The Hall–Kier alpha value is -4.15. The average Bonchev–Trinajstić information content (AvgIpc) is 3.20. The first-order chi connectivity index (χ1) is 15.7. The number of nitro benzene ring substituents is 1. The number of rotatable bonds is 8. The van der Waals surface area contributed by atoms with E-state index in [1.165, 1.54) is 50.3 Å². The van der Waals surface area contributed by atoms with E-state index in [-0.39, 0.29) is 30.2 Å². The van der Waals surface area contributed by atoms with Crippen LogP contribution in [0.15, 0.2) is 42.5 Å². The second kappa shape index (κ2) is 9.98. The maximum absolute atomic E-state index is 12.6. The highest BCUT2D eigenvalue weighted by Gasteiger charge is 2.38. The molecule has 174 valence electrons. The molecule has 1 N–H and O–H groups in total. The maximum Gasteiger partial charge on any atom is 0.312 e. The first-order valence-corrected chi connectivity index (χ1v) is 10.0. The molecule has 2 aromatic rings. The molecular weight excluding hydrogens is 434 g/mol. The van der Waals surface area contributed by atoms with E-state index < -0.39 is 28.8 Å². The minimum atomic E-state index is -1.17. The van der Waals surface area contributed by atoms with Crippen molar-refractivity contribution in [1.29, 1.82) is 0 Å². The topological polar surface area (TPSA) is 137 Å². The van der Waals surface area contributed by atoms with E-state index in [0.717, 1.165) is 0 Å². The quantitative estimate of drug-likeness (QED) is 0.363.